The zero-order chi connectivity index (χ0) is 14.1. The first-order chi connectivity index (χ1) is 9.61. The van der Waals surface area contributed by atoms with Crippen LogP contribution in [0.15, 0.2) is 48.5 Å². The van der Waals surface area contributed by atoms with Crippen molar-refractivity contribution in [2.75, 3.05) is 5.32 Å². The van der Waals surface area contributed by atoms with Gasteiger partial charge in [0.05, 0.1) is 5.52 Å². The van der Waals surface area contributed by atoms with Crippen molar-refractivity contribution in [3.8, 4) is 0 Å². The van der Waals surface area contributed by atoms with Gasteiger partial charge in [-0.2, -0.15) is 0 Å². The second kappa shape index (κ2) is 4.93. The highest BCUT2D eigenvalue weighted by atomic mass is 19.1. The van der Waals surface area contributed by atoms with Gasteiger partial charge in [0.15, 0.2) is 0 Å². The summed E-state index contributed by atoms with van der Waals surface area (Å²) in [5.74, 6) is -0.234. The molecule has 0 saturated heterocycles. The molecule has 0 saturated carbocycles. The highest BCUT2D eigenvalue weighted by Crippen LogP contribution is 2.27. The van der Waals surface area contributed by atoms with E-state index in [2.05, 4.69) is 29.4 Å². The molecule has 3 aromatic rings. The van der Waals surface area contributed by atoms with Crippen LogP contribution in [0.3, 0.4) is 0 Å². The van der Waals surface area contributed by atoms with E-state index in [-0.39, 0.29) is 5.82 Å². The lowest BCUT2D eigenvalue weighted by molar-refractivity contribution is 0.628. The summed E-state index contributed by atoms with van der Waals surface area (Å²) < 4.78 is 13.0. The SMILES string of the molecule is Cc1ccc2nc(C)cc(Nc3ccc(F)cc3)c2c1. The molecule has 0 bridgehead atoms. The van der Waals surface area contributed by atoms with Crippen molar-refractivity contribution in [3.63, 3.8) is 0 Å². The van der Waals surface area contributed by atoms with E-state index >= 15 is 0 Å². The lowest BCUT2D eigenvalue weighted by Crippen LogP contribution is -1.95. The summed E-state index contributed by atoms with van der Waals surface area (Å²) in [6.07, 6.45) is 0. The Hall–Kier alpha value is -2.42. The van der Waals surface area contributed by atoms with Gasteiger partial charge in [-0.1, -0.05) is 11.6 Å². The first-order valence-electron chi connectivity index (χ1n) is 6.52. The number of benzene rings is 2. The van der Waals surface area contributed by atoms with Crippen LogP contribution in [-0.2, 0) is 0 Å². The number of anilines is 2. The fourth-order valence-corrected chi connectivity index (χ4v) is 2.26. The van der Waals surface area contributed by atoms with Crippen LogP contribution in [0.25, 0.3) is 10.9 Å². The summed E-state index contributed by atoms with van der Waals surface area (Å²) in [5, 5.41) is 4.40. The molecule has 1 N–H and O–H groups in total. The quantitative estimate of drug-likeness (QED) is 0.725. The van der Waals surface area contributed by atoms with Crippen LogP contribution in [0.2, 0.25) is 0 Å². The molecule has 0 amide bonds. The molecule has 20 heavy (non-hydrogen) atoms. The van der Waals surface area contributed by atoms with Crippen LogP contribution < -0.4 is 5.32 Å². The molecule has 0 aliphatic carbocycles. The van der Waals surface area contributed by atoms with E-state index in [0.717, 1.165) is 28.0 Å². The smallest absolute Gasteiger partial charge is 0.123 e. The third kappa shape index (κ3) is 2.48. The van der Waals surface area contributed by atoms with Crippen LogP contribution in [0.4, 0.5) is 15.8 Å². The predicted octanol–water partition coefficient (Wildman–Crippen LogP) is 4.73. The van der Waals surface area contributed by atoms with Crippen molar-refractivity contribution in [1.29, 1.82) is 0 Å². The second-order valence-corrected chi connectivity index (χ2v) is 4.96. The molecule has 0 spiro atoms. The van der Waals surface area contributed by atoms with Crippen LogP contribution in [0.1, 0.15) is 11.3 Å². The van der Waals surface area contributed by atoms with Crippen molar-refractivity contribution in [2.24, 2.45) is 0 Å². The molecule has 3 rings (SSSR count). The molecular formula is C17H15FN2. The number of nitrogens with one attached hydrogen (secondary N) is 1. The number of nitrogens with zero attached hydrogens (tertiary/aromatic N) is 1. The van der Waals surface area contributed by atoms with E-state index < -0.39 is 0 Å². The highest BCUT2D eigenvalue weighted by Gasteiger charge is 2.05. The molecule has 3 heteroatoms. The minimum absolute atomic E-state index is 0.234. The van der Waals surface area contributed by atoms with Crippen LogP contribution in [0, 0.1) is 19.7 Å². The Balaban J connectivity index is 2.10. The standard InChI is InChI=1S/C17H15FN2/c1-11-3-8-16-15(9-11)17(10-12(2)19-16)20-14-6-4-13(18)5-7-14/h3-10H,1-2H3,(H,19,20). The largest absolute Gasteiger partial charge is 0.355 e. The molecule has 0 aliphatic rings. The fourth-order valence-electron chi connectivity index (χ4n) is 2.26. The monoisotopic (exact) mass is 266 g/mol. The Bertz CT molecular complexity index is 764. The maximum atomic E-state index is 13.0. The van der Waals surface area contributed by atoms with Gasteiger partial charge in [0.1, 0.15) is 5.82 Å². The first kappa shape index (κ1) is 12.6. The summed E-state index contributed by atoms with van der Waals surface area (Å²) in [7, 11) is 0. The summed E-state index contributed by atoms with van der Waals surface area (Å²) in [6.45, 7) is 4.02. The Morgan fingerprint density at radius 3 is 2.45 bits per heavy atom. The fraction of sp³-hybridized carbons (Fsp3) is 0.118. The van der Waals surface area contributed by atoms with Crippen molar-refractivity contribution < 1.29 is 4.39 Å². The van der Waals surface area contributed by atoms with E-state index in [9.17, 15) is 4.39 Å². The van der Waals surface area contributed by atoms with Gasteiger partial charge in [-0.3, -0.25) is 4.98 Å². The van der Waals surface area contributed by atoms with Crippen molar-refractivity contribution >= 4 is 22.3 Å². The Labute approximate surface area is 117 Å². The van der Waals surface area contributed by atoms with Gasteiger partial charge < -0.3 is 5.32 Å². The molecule has 0 atom stereocenters. The Morgan fingerprint density at radius 1 is 0.950 bits per heavy atom. The third-order valence-electron chi connectivity index (χ3n) is 3.22. The normalized spacial score (nSPS) is 10.8. The number of hydrogen-bond acceptors (Lipinski definition) is 2. The average Bonchev–Trinajstić information content (AvgIpc) is 2.42. The summed E-state index contributed by atoms with van der Waals surface area (Å²) in [6, 6.07) is 14.5. The highest BCUT2D eigenvalue weighted by molar-refractivity contribution is 5.93. The number of fused-ring (bicyclic) bond motifs is 1. The number of hydrogen-bond donors (Lipinski definition) is 1. The van der Waals surface area contributed by atoms with E-state index in [0.29, 0.717) is 0 Å². The molecule has 0 radical (unpaired) electrons. The van der Waals surface area contributed by atoms with Crippen LogP contribution in [0.5, 0.6) is 0 Å². The van der Waals surface area contributed by atoms with Gasteiger partial charge in [-0.05, 0) is 56.3 Å². The molecule has 0 fully saturated rings. The Kier molecular flexibility index (Phi) is 3.11. The summed E-state index contributed by atoms with van der Waals surface area (Å²) >= 11 is 0. The maximum absolute atomic E-state index is 13.0. The lowest BCUT2D eigenvalue weighted by Gasteiger charge is -2.11. The van der Waals surface area contributed by atoms with Gasteiger partial charge in [0, 0.05) is 22.5 Å². The van der Waals surface area contributed by atoms with Gasteiger partial charge in [-0.25, -0.2) is 4.39 Å². The lowest BCUT2D eigenvalue weighted by atomic mass is 10.1. The summed E-state index contributed by atoms with van der Waals surface area (Å²) in [4.78, 5) is 4.53. The minimum atomic E-state index is -0.234. The van der Waals surface area contributed by atoms with E-state index in [1.807, 2.05) is 19.1 Å². The molecule has 100 valence electrons. The van der Waals surface area contributed by atoms with E-state index in [4.69, 9.17) is 0 Å². The van der Waals surface area contributed by atoms with Gasteiger partial charge in [-0.15, -0.1) is 0 Å². The minimum Gasteiger partial charge on any atom is -0.355 e. The van der Waals surface area contributed by atoms with Gasteiger partial charge in [0.25, 0.3) is 0 Å². The third-order valence-corrected chi connectivity index (χ3v) is 3.22. The topological polar surface area (TPSA) is 24.9 Å². The predicted molar refractivity (Wildman–Crippen MR) is 80.9 cm³/mol. The van der Waals surface area contributed by atoms with Gasteiger partial charge in [0.2, 0.25) is 0 Å². The molecule has 1 heterocycles. The zero-order valence-electron chi connectivity index (χ0n) is 11.4. The van der Waals surface area contributed by atoms with Crippen LogP contribution in [-0.4, -0.2) is 4.98 Å². The number of aryl methyl sites for hydroxylation is 2. The van der Waals surface area contributed by atoms with Crippen molar-refractivity contribution in [1.82, 2.24) is 4.98 Å². The Morgan fingerprint density at radius 2 is 1.70 bits per heavy atom. The molecule has 0 aliphatic heterocycles. The number of aromatic nitrogens is 1. The number of halogens is 1. The first-order valence-corrected chi connectivity index (χ1v) is 6.52. The zero-order valence-corrected chi connectivity index (χ0v) is 11.4. The summed E-state index contributed by atoms with van der Waals surface area (Å²) in [5.41, 5.74) is 4.94. The van der Waals surface area contributed by atoms with Crippen LogP contribution >= 0.6 is 0 Å². The molecule has 2 nitrogen and oxygen atoms in total. The van der Waals surface area contributed by atoms with Gasteiger partial charge >= 0.3 is 0 Å². The maximum Gasteiger partial charge on any atom is 0.123 e. The van der Waals surface area contributed by atoms with E-state index in [1.165, 1.54) is 17.7 Å². The second-order valence-electron chi connectivity index (χ2n) is 4.96. The number of rotatable bonds is 2. The molecular weight excluding hydrogens is 251 g/mol. The molecule has 0 unspecified atom stereocenters. The average molecular weight is 266 g/mol. The van der Waals surface area contributed by atoms with Crippen molar-refractivity contribution in [2.45, 2.75) is 13.8 Å². The molecule has 1 aromatic heterocycles. The van der Waals surface area contributed by atoms with E-state index in [1.54, 1.807) is 12.1 Å². The number of pyridine rings is 1. The molecule has 2 aromatic carbocycles. The van der Waals surface area contributed by atoms with Crippen molar-refractivity contribution in [3.05, 3.63) is 65.6 Å².